The van der Waals surface area contributed by atoms with Gasteiger partial charge in [-0.3, -0.25) is 9.59 Å². The zero-order valence-corrected chi connectivity index (χ0v) is 14.9. The summed E-state index contributed by atoms with van der Waals surface area (Å²) in [6.07, 6.45) is 5.42. The lowest BCUT2D eigenvalue weighted by atomic mass is 10.1. The van der Waals surface area contributed by atoms with E-state index in [2.05, 4.69) is 11.4 Å². The summed E-state index contributed by atoms with van der Waals surface area (Å²) in [6.45, 7) is 1.98. The minimum absolute atomic E-state index is 0.207. The number of amides is 1. The zero-order valence-electron chi connectivity index (χ0n) is 14.9. The Morgan fingerprint density at radius 2 is 1.85 bits per heavy atom. The molecule has 26 heavy (non-hydrogen) atoms. The van der Waals surface area contributed by atoms with Crippen molar-refractivity contribution in [3.8, 4) is 0 Å². The number of anilines is 1. The molecule has 0 aliphatic heterocycles. The lowest BCUT2D eigenvalue weighted by Gasteiger charge is -2.19. The molecule has 0 bridgehead atoms. The third kappa shape index (κ3) is 4.82. The molecule has 0 unspecified atom stereocenters. The van der Waals surface area contributed by atoms with E-state index in [0.29, 0.717) is 17.7 Å². The average molecular weight is 349 g/mol. The average Bonchev–Trinajstić information content (AvgIpc) is 3.15. The van der Waals surface area contributed by atoms with Gasteiger partial charge in [-0.15, -0.1) is 0 Å². The lowest BCUT2D eigenvalue weighted by Crippen LogP contribution is -2.26. The van der Waals surface area contributed by atoms with Crippen LogP contribution in [0.3, 0.4) is 0 Å². The summed E-state index contributed by atoms with van der Waals surface area (Å²) >= 11 is 0. The maximum atomic E-state index is 12.8. The number of carbonyl (C=O) groups excluding carboxylic acids is 2. The van der Waals surface area contributed by atoms with Crippen LogP contribution in [0.15, 0.2) is 66.7 Å². The first-order chi connectivity index (χ1) is 12.6. The Morgan fingerprint density at radius 3 is 2.50 bits per heavy atom. The van der Waals surface area contributed by atoms with E-state index in [0.717, 1.165) is 18.4 Å². The highest BCUT2D eigenvalue weighted by atomic mass is 16.5. The van der Waals surface area contributed by atoms with Gasteiger partial charge in [-0.2, -0.15) is 0 Å². The molecular formula is C22H23NO3. The summed E-state index contributed by atoms with van der Waals surface area (Å²) in [6, 6.07) is 16.6. The van der Waals surface area contributed by atoms with Gasteiger partial charge in [-0.05, 0) is 37.8 Å². The van der Waals surface area contributed by atoms with E-state index in [-0.39, 0.29) is 17.8 Å². The van der Waals surface area contributed by atoms with Gasteiger partial charge in [0.25, 0.3) is 5.91 Å². The van der Waals surface area contributed by atoms with Gasteiger partial charge in [-0.1, -0.05) is 60.2 Å². The van der Waals surface area contributed by atoms with Crippen molar-refractivity contribution in [3.05, 3.63) is 77.9 Å². The molecule has 0 spiro atoms. The van der Waals surface area contributed by atoms with E-state index >= 15 is 0 Å². The van der Waals surface area contributed by atoms with Crippen LogP contribution in [0.25, 0.3) is 0 Å². The van der Waals surface area contributed by atoms with Crippen LogP contribution in [-0.2, 0) is 14.3 Å². The first-order valence-corrected chi connectivity index (χ1v) is 8.90. The molecule has 0 fully saturated rings. The minimum Gasteiger partial charge on any atom is -0.447 e. The van der Waals surface area contributed by atoms with Gasteiger partial charge in [0, 0.05) is 11.3 Å². The van der Waals surface area contributed by atoms with Crippen LogP contribution >= 0.6 is 0 Å². The van der Waals surface area contributed by atoms with Crippen LogP contribution in [0.2, 0.25) is 0 Å². The zero-order chi connectivity index (χ0) is 18.4. The van der Waals surface area contributed by atoms with Crippen molar-refractivity contribution in [1.29, 1.82) is 0 Å². The molecule has 0 heterocycles. The van der Waals surface area contributed by atoms with Gasteiger partial charge in [0.1, 0.15) is 0 Å². The Morgan fingerprint density at radius 1 is 1.12 bits per heavy atom. The highest BCUT2D eigenvalue weighted by Crippen LogP contribution is 2.25. The number of hydrogen-bond acceptors (Lipinski definition) is 3. The van der Waals surface area contributed by atoms with Crippen molar-refractivity contribution >= 4 is 17.6 Å². The minimum atomic E-state index is -0.963. The molecule has 1 N–H and O–H groups in total. The predicted molar refractivity (Wildman–Crippen MR) is 102 cm³/mol. The predicted octanol–water partition coefficient (Wildman–Crippen LogP) is 4.57. The standard InChI is InChI=1S/C22H23NO3/c1-16-11-13-19(14-12-16)23-22(25)21(18-9-3-2-4-10-18)26-20(24)15-17-7-5-6-8-17/h2-5,7,9-14,17,21H,6,8,15H2,1H3,(H,23,25)/t17-,21-/m0/s1. The molecule has 1 aliphatic carbocycles. The van der Waals surface area contributed by atoms with Crippen molar-refractivity contribution in [1.82, 2.24) is 0 Å². The highest BCUT2D eigenvalue weighted by molar-refractivity contribution is 5.96. The molecule has 3 rings (SSSR count). The maximum absolute atomic E-state index is 12.8. The van der Waals surface area contributed by atoms with E-state index in [1.807, 2.05) is 55.5 Å². The molecule has 1 amide bonds. The van der Waals surface area contributed by atoms with Gasteiger partial charge in [0.2, 0.25) is 6.10 Å². The second-order valence-corrected chi connectivity index (χ2v) is 6.61. The molecule has 2 aromatic carbocycles. The fourth-order valence-electron chi connectivity index (χ4n) is 3.00. The number of carbonyl (C=O) groups is 2. The van der Waals surface area contributed by atoms with Crippen molar-refractivity contribution in [2.75, 3.05) is 5.32 Å². The van der Waals surface area contributed by atoms with E-state index in [9.17, 15) is 9.59 Å². The molecule has 0 radical (unpaired) electrons. The number of aryl methyl sites for hydroxylation is 1. The van der Waals surface area contributed by atoms with E-state index < -0.39 is 6.10 Å². The van der Waals surface area contributed by atoms with E-state index in [1.165, 1.54) is 0 Å². The number of nitrogens with one attached hydrogen (secondary N) is 1. The molecular weight excluding hydrogens is 326 g/mol. The second-order valence-electron chi connectivity index (χ2n) is 6.61. The summed E-state index contributed by atoms with van der Waals surface area (Å²) in [5.41, 5.74) is 2.45. The van der Waals surface area contributed by atoms with Crippen LogP contribution < -0.4 is 5.32 Å². The number of esters is 1. The number of hydrogen-bond donors (Lipinski definition) is 1. The Labute approximate surface area is 153 Å². The molecule has 0 saturated carbocycles. The first kappa shape index (κ1) is 17.9. The molecule has 134 valence electrons. The summed E-state index contributed by atoms with van der Waals surface area (Å²) in [4.78, 5) is 25.1. The SMILES string of the molecule is Cc1ccc(NC(=O)[C@@H](OC(=O)C[C@H]2C=CCC2)c2ccccc2)cc1. The normalized spacial score (nSPS) is 16.9. The van der Waals surface area contributed by atoms with Gasteiger partial charge >= 0.3 is 5.97 Å². The summed E-state index contributed by atoms with van der Waals surface area (Å²) in [7, 11) is 0. The van der Waals surface area contributed by atoms with Crippen LogP contribution in [-0.4, -0.2) is 11.9 Å². The fraction of sp³-hybridized carbons (Fsp3) is 0.273. The Bertz CT molecular complexity index is 781. The quantitative estimate of drug-likeness (QED) is 0.614. The van der Waals surface area contributed by atoms with Gasteiger partial charge < -0.3 is 10.1 Å². The molecule has 2 aromatic rings. The summed E-state index contributed by atoms with van der Waals surface area (Å²) in [5.74, 6) is -0.496. The molecule has 0 saturated heterocycles. The van der Waals surface area contributed by atoms with Crippen LogP contribution in [0.4, 0.5) is 5.69 Å². The second kappa shape index (κ2) is 8.48. The lowest BCUT2D eigenvalue weighted by molar-refractivity contribution is -0.155. The van der Waals surface area contributed by atoms with E-state index in [1.54, 1.807) is 12.1 Å². The number of benzene rings is 2. The maximum Gasteiger partial charge on any atom is 0.307 e. The van der Waals surface area contributed by atoms with Crippen LogP contribution in [0, 0.1) is 12.8 Å². The largest absolute Gasteiger partial charge is 0.447 e. The van der Waals surface area contributed by atoms with E-state index in [4.69, 9.17) is 4.74 Å². The molecule has 1 aliphatic rings. The summed E-state index contributed by atoms with van der Waals surface area (Å²) < 4.78 is 5.57. The number of ether oxygens (including phenoxy) is 1. The first-order valence-electron chi connectivity index (χ1n) is 8.90. The van der Waals surface area contributed by atoms with Crippen molar-refractivity contribution in [2.45, 2.75) is 32.3 Å². The van der Waals surface area contributed by atoms with Gasteiger partial charge in [-0.25, -0.2) is 0 Å². The van der Waals surface area contributed by atoms with Crippen molar-refractivity contribution < 1.29 is 14.3 Å². The molecule has 4 heteroatoms. The molecule has 0 aromatic heterocycles. The number of allylic oxidation sites excluding steroid dienone is 2. The van der Waals surface area contributed by atoms with Crippen molar-refractivity contribution in [3.63, 3.8) is 0 Å². The third-order valence-electron chi connectivity index (χ3n) is 4.45. The molecule has 2 atom stereocenters. The Hall–Kier alpha value is -2.88. The number of rotatable bonds is 6. The van der Waals surface area contributed by atoms with Gasteiger partial charge in [0.05, 0.1) is 6.42 Å². The Kier molecular flexibility index (Phi) is 5.84. The molecule has 4 nitrogen and oxygen atoms in total. The smallest absolute Gasteiger partial charge is 0.307 e. The Balaban J connectivity index is 1.72. The van der Waals surface area contributed by atoms with Gasteiger partial charge in [0.15, 0.2) is 0 Å². The van der Waals surface area contributed by atoms with Crippen LogP contribution in [0.5, 0.6) is 0 Å². The monoisotopic (exact) mass is 349 g/mol. The highest BCUT2D eigenvalue weighted by Gasteiger charge is 2.26. The third-order valence-corrected chi connectivity index (χ3v) is 4.45. The van der Waals surface area contributed by atoms with Crippen molar-refractivity contribution in [2.24, 2.45) is 5.92 Å². The summed E-state index contributed by atoms with van der Waals surface area (Å²) in [5, 5.41) is 2.84. The topological polar surface area (TPSA) is 55.4 Å². The van der Waals surface area contributed by atoms with Crippen LogP contribution in [0.1, 0.15) is 36.5 Å². The fourth-order valence-corrected chi connectivity index (χ4v) is 3.00.